The second kappa shape index (κ2) is 6.26. The first kappa shape index (κ1) is 16.5. The molecule has 1 aliphatic rings. The lowest BCUT2D eigenvalue weighted by Crippen LogP contribution is -2.54. The molecule has 0 bridgehead atoms. The maximum atomic E-state index is 13.1. The van der Waals surface area contributed by atoms with E-state index in [1.165, 1.54) is 17.2 Å². The highest BCUT2D eigenvalue weighted by molar-refractivity contribution is 5.95. The zero-order valence-electron chi connectivity index (χ0n) is 12.5. The normalized spacial score (nSPS) is 21.7. The van der Waals surface area contributed by atoms with Crippen LogP contribution in [0, 0.1) is 11.3 Å². The molecule has 3 rings (SSSR count). The van der Waals surface area contributed by atoms with Gasteiger partial charge in [0.2, 0.25) is 0 Å². The van der Waals surface area contributed by atoms with Crippen LogP contribution in [-0.4, -0.2) is 48.2 Å². The van der Waals surface area contributed by atoms with E-state index in [-0.39, 0.29) is 13.1 Å². The number of alkyl halides is 3. The molecule has 1 aliphatic heterocycles. The van der Waals surface area contributed by atoms with E-state index in [9.17, 15) is 18.3 Å². The Balaban J connectivity index is 2.05. The molecule has 1 aromatic carbocycles. The van der Waals surface area contributed by atoms with Crippen LogP contribution in [0.5, 0.6) is 0 Å². The molecule has 2 heterocycles. The molecule has 1 aromatic heterocycles. The van der Waals surface area contributed by atoms with Crippen molar-refractivity contribution in [3.05, 3.63) is 36.0 Å². The third-order valence-electron chi connectivity index (χ3n) is 3.94. The minimum atomic E-state index is -4.52. The molecular formula is C16H14F3N3O2. The highest BCUT2D eigenvalue weighted by Crippen LogP contribution is 2.33. The van der Waals surface area contributed by atoms with Gasteiger partial charge in [-0.3, -0.25) is 4.98 Å². The second-order valence-corrected chi connectivity index (χ2v) is 5.52. The highest BCUT2D eigenvalue weighted by Gasteiger charge is 2.46. The van der Waals surface area contributed by atoms with Crippen LogP contribution in [-0.2, 0) is 4.74 Å². The molecule has 2 atom stereocenters. The smallest absolute Gasteiger partial charge is 0.394 e. The number of nitrogens with zero attached hydrogens (tertiary/aromatic N) is 3. The van der Waals surface area contributed by atoms with Gasteiger partial charge in [0.05, 0.1) is 30.3 Å². The predicted octanol–water partition coefficient (Wildman–Crippen LogP) is 2.23. The van der Waals surface area contributed by atoms with E-state index >= 15 is 0 Å². The Kier molecular flexibility index (Phi) is 4.30. The molecule has 0 spiro atoms. The number of ether oxygens (including phenoxy) is 1. The quantitative estimate of drug-likeness (QED) is 0.910. The number of hydrogen-bond donors (Lipinski definition) is 1. The van der Waals surface area contributed by atoms with E-state index in [1.54, 1.807) is 18.2 Å². The number of hydrogen-bond acceptors (Lipinski definition) is 5. The fraction of sp³-hybridized carbons (Fsp3) is 0.375. The summed E-state index contributed by atoms with van der Waals surface area (Å²) in [5.41, 5.74) is 1.33. The van der Waals surface area contributed by atoms with Gasteiger partial charge in [0, 0.05) is 23.8 Å². The first-order valence-corrected chi connectivity index (χ1v) is 7.30. The third kappa shape index (κ3) is 3.00. The first-order valence-electron chi connectivity index (χ1n) is 7.30. The molecule has 24 heavy (non-hydrogen) atoms. The molecule has 0 saturated carbocycles. The number of morpholine rings is 1. The Morgan fingerprint density at radius 3 is 2.79 bits per heavy atom. The van der Waals surface area contributed by atoms with E-state index in [4.69, 9.17) is 10.00 Å². The Bertz CT molecular complexity index is 788. The Morgan fingerprint density at radius 2 is 2.12 bits per heavy atom. The maximum absolute atomic E-state index is 13.1. The van der Waals surface area contributed by atoms with E-state index in [2.05, 4.69) is 4.98 Å². The van der Waals surface area contributed by atoms with Crippen molar-refractivity contribution in [3.63, 3.8) is 0 Å². The van der Waals surface area contributed by atoms with Gasteiger partial charge in [0.1, 0.15) is 6.07 Å². The zero-order chi connectivity index (χ0) is 17.3. The van der Waals surface area contributed by atoms with Gasteiger partial charge in [0.25, 0.3) is 0 Å². The van der Waals surface area contributed by atoms with E-state index in [1.807, 2.05) is 6.07 Å². The molecule has 0 radical (unpaired) electrons. The van der Waals surface area contributed by atoms with E-state index < -0.39 is 25.0 Å². The van der Waals surface area contributed by atoms with Crippen LogP contribution in [0.3, 0.4) is 0 Å². The lowest BCUT2D eigenvalue weighted by atomic mass is 10.1. The summed E-state index contributed by atoms with van der Waals surface area (Å²) in [6.07, 6.45) is -5.91. The minimum absolute atomic E-state index is 0.124. The molecule has 0 aliphatic carbocycles. The Labute approximate surface area is 135 Å². The second-order valence-electron chi connectivity index (χ2n) is 5.52. The van der Waals surface area contributed by atoms with Crippen LogP contribution in [0.4, 0.5) is 18.9 Å². The number of aliphatic hydroxyl groups excluding tert-OH is 1. The summed E-state index contributed by atoms with van der Waals surface area (Å²) in [5, 5.41) is 19.0. The Hall–Kier alpha value is -2.37. The van der Waals surface area contributed by atoms with Crippen LogP contribution in [0.25, 0.3) is 10.9 Å². The van der Waals surface area contributed by atoms with Crippen molar-refractivity contribution >= 4 is 16.6 Å². The number of aliphatic hydroxyl groups is 1. The van der Waals surface area contributed by atoms with Gasteiger partial charge >= 0.3 is 6.18 Å². The van der Waals surface area contributed by atoms with Crippen molar-refractivity contribution in [1.29, 1.82) is 5.26 Å². The van der Waals surface area contributed by atoms with Crippen LogP contribution >= 0.6 is 0 Å². The summed E-state index contributed by atoms with van der Waals surface area (Å²) in [5.74, 6) is 0. The molecule has 5 nitrogen and oxygen atoms in total. The van der Waals surface area contributed by atoms with Gasteiger partial charge in [-0.1, -0.05) is 0 Å². The fourth-order valence-electron chi connectivity index (χ4n) is 2.84. The molecule has 1 N–H and O–H groups in total. The molecule has 8 heteroatoms. The summed E-state index contributed by atoms with van der Waals surface area (Å²) in [6, 6.07) is 8.55. The monoisotopic (exact) mass is 337 g/mol. The predicted molar refractivity (Wildman–Crippen MR) is 80.5 cm³/mol. The number of rotatable bonds is 2. The number of halogens is 3. The molecule has 2 unspecified atom stereocenters. The summed E-state index contributed by atoms with van der Waals surface area (Å²) in [6.45, 7) is -0.760. The van der Waals surface area contributed by atoms with Crippen LogP contribution in [0.1, 0.15) is 5.56 Å². The first-order chi connectivity index (χ1) is 11.4. The standard InChI is InChI=1S/C16H14F3N3O2/c17-16(18,19)14-8-22(7-11(9-23)24-14)13-4-3-10(6-20)15-12(13)2-1-5-21-15/h1-5,11,14,23H,7-9H2. The number of nitriles is 1. The number of fused-ring (bicyclic) bond motifs is 1. The van der Waals surface area contributed by atoms with Gasteiger partial charge < -0.3 is 14.7 Å². The van der Waals surface area contributed by atoms with Crippen LogP contribution < -0.4 is 4.90 Å². The molecule has 126 valence electrons. The maximum Gasteiger partial charge on any atom is 0.416 e. The van der Waals surface area contributed by atoms with Gasteiger partial charge in [0.15, 0.2) is 6.10 Å². The van der Waals surface area contributed by atoms with Gasteiger partial charge in [-0.05, 0) is 24.3 Å². The molecule has 1 saturated heterocycles. The molecule has 0 amide bonds. The summed E-state index contributed by atoms with van der Waals surface area (Å²) >= 11 is 0. The fourth-order valence-corrected chi connectivity index (χ4v) is 2.84. The molecule has 2 aromatic rings. The van der Waals surface area contributed by atoms with E-state index in [0.717, 1.165) is 0 Å². The average molecular weight is 337 g/mol. The molecule has 1 fully saturated rings. The van der Waals surface area contributed by atoms with Crippen molar-refractivity contribution in [2.75, 3.05) is 24.6 Å². The number of benzene rings is 1. The summed E-state index contributed by atoms with van der Waals surface area (Å²) in [7, 11) is 0. The van der Waals surface area contributed by atoms with Crippen molar-refractivity contribution in [2.45, 2.75) is 18.4 Å². The third-order valence-corrected chi connectivity index (χ3v) is 3.94. The SMILES string of the molecule is N#Cc1ccc(N2CC(CO)OC(C(F)(F)F)C2)c2cccnc12. The highest BCUT2D eigenvalue weighted by atomic mass is 19.4. The molecular weight excluding hydrogens is 323 g/mol. The van der Waals surface area contributed by atoms with Gasteiger partial charge in [-0.2, -0.15) is 18.4 Å². The van der Waals surface area contributed by atoms with Crippen molar-refractivity contribution < 1.29 is 23.0 Å². The number of pyridine rings is 1. The van der Waals surface area contributed by atoms with Crippen LogP contribution in [0.2, 0.25) is 0 Å². The van der Waals surface area contributed by atoms with Gasteiger partial charge in [-0.25, -0.2) is 0 Å². The Morgan fingerprint density at radius 1 is 1.33 bits per heavy atom. The summed E-state index contributed by atoms with van der Waals surface area (Å²) < 4.78 is 44.2. The largest absolute Gasteiger partial charge is 0.416 e. The number of anilines is 1. The summed E-state index contributed by atoms with van der Waals surface area (Å²) in [4.78, 5) is 5.68. The van der Waals surface area contributed by atoms with E-state index in [0.29, 0.717) is 22.2 Å². The lowest BCUT2D eigenvalue weighted by molar-refractivity contribution is -0.238. The van der Waals surface area contributed by atoms with Crippen molar-refractivity contribution in [1.82, 2.24) is 4.98 Å². The average Bonchev–Trinajstić information content (AvgIpc) is 2.59. The minimum Gasteiger partial charge on any atom is -0.394 e. The van der Waals surface area contributed by atoms with Crippen LogP contribution in [0.15, 0.2) is 30.5 Å². The van der Waals surface area contributed by atoms with Gasteiger partial charge in [-0.15, -0.1) is 0 Å². The van der Waals surface area contributed by atoms with Crippen molar-refractivity contribution in [2.24, 2.45) is 0 Å². The zero-order valence-corrected chi connectivity index (χ0v) is 12.5. The lowest BCUT2D eigenvalue weighted by Gasteiger charge is -2.39. The number of aromatic nitrogens is 1. The van der Waals surface area contributed by atoms with Crippen molar-refractivity contribution in [3.8, 4) is 6.07 Å². The topological polar surface area (TPSA) is 69.4 Å².